The lowest BCUT2D eigenvalue weighted by atomic mass is 9.94. The van der Waals surface area contributed by atoms with Crippen LogP contribution in [0, 0.1) is 11.7 Å². The van der Waals surface area contributed by atoms with Crippen molar-refractivity contribution in [3.8, 4) is 0 Å². The van der Waals surface area contributed by atoms with Gasteiger partial charge in [-0.1, -0.05) is 19.1 Å². The van der Waals surface area contributed by atoms with E-state index in [1.165, 1.54) is 17.8 Å². The first-order chi connectivity index (χ1) is 10.2. The van der Waals surface area contributed by atoms with Gasteiger partial charge in [-0.3, -0.25) is 4.68 Å². The molecule has 0 bridgehead atoms. The van der Waals surface area contributed by atoms with Gasteiger partial charge in [-0.2, -0.15) is 5.10 Å². The van der Waals surface area contributed by atoms with E-state index in [4.69, 9.17) is 5.73 Å². The molecule has 0 amide bonds. The summed E-state index contributed by atoms with van der Waals surface area (Å²) in [4.78, 5) is 0. The zero-order chi connectivity index (χ0) is 15.2. The smallest absolute Gasteiger partial charge is 0.123 e. The van der Waals surface area contributed by atoms with Gasteiger partial charge in [0.2, 0.25) is 0 Å². The third-order valence-corrected chi connectivity index (χ3v) is 3.84. The fourth-order valence-corrected chi connectivity index (χ4v) is 2.61. The van der Waals surface area contributed by atoms with E-state index in [1.54, 1.807) is 0 Å². The van der Waals surface area contributed by atoms with Gasteiger partial charge >= 0.3 is 0 Å². The topological polar surface area (TPSA) is 43.8 Å². The van der Waals surface area contributed by atoms with E-state index in [1.807, 2.05) is 12.1 Å². The molecule has 2 aromatic rings. The highest BCUT2D eigenvalue weighted by molar-refractivity contribution is 5.18. The largest absolute Gasteiger partial charge is 0.330 e. The molecular weight excluding hydrogens is 265 g/mol. The van der Waals surface area contributed by atoms with E-state index in [9.17, 15) is 4.39 Å². The Morgan fingerprint density at radius 1 is 1.19 bits per heavy atom. The molecule has 0 aliphatic rings. The van der Waals surface area contributed by atoms with E-state index in [0.717, 1.165) is 37.1 Å². The molecule has 2 rings (SSSR count). The van der Waals surface area contributed by atoms with Crippen molar-refractivity contribution in [3.05, 3.63) is 53.1 Å². The molecular formula is C17H24FN3. The minimum atomic E-state index is -0.195. The van der Waals surface area contributed by atoms with Crippen LogP contribution in [0.25, 0.3) is 0 Å². The fourth-order valence-electron chi connectivity index (χ4n) is 2.61. The molecule has 21 heavy (non-hydrogen) atoms. The molecule has 3 nitrogen and oxygen atoms in total. The molecule has 1 heterocycles. The van der Waals surface area contributed by atoms with Crippen LogP contribution < -0.4 is 5.73 Å². The van der Waals surface area contributed by atoms with Crippen molar-refractivity contribution in [3.63, 3.8) is 0 Å². The van der Waals surface area contributed by atoms with Crippen LogP contribution in [0.3, 0.4) is 0 Å². The normalized spacial score (nSPS) is 12.6. The highest BCUT2D eigenvalue weighted by Gasteiger charge is 2.13. The number of benzene rings is 1. The van der Waals surface area contributed by atoms with Gasteiger partial charge < -0.3 is 5.73 Å². The van der Waals surface area contributed by atoms with Gasteiger partial charge in [0.25, 0.3) is 0 Å². The average Bonchev–Trinajstić information content (AvgIpc) is 2.91. The number of rotatable bonds is 7. The average molecular weight is 289 g/mol. The van der Waals surface area contributed by atoms with Crippen LogP contribution in [-0.4, -0.2) is 16.3 Å². The second-order valence-electron chi connectivity index (χ2n) is 5.43. The number of aromatic nitrogens is 2. The van der Waals surface area contributed by atoms with Crippen molar-refractivity contribution in [1.29, 1.82) is 0 Å². The Morgan fingerprint density at radius 2 is 1.90 bits per heavy atom. The highest BCUT2D eigenvalue weighted by Crippen LogP contribution is 2.16. The minimum Gasteiger partial charge on any atom is -0.330 e. The Bertz CT molecular complexity index is 560. The van der Waals surface area contributed by atoms with Crippen LogP contribution in [0.5, 0.6) is 0 Å². The van der Waals surface area contributed by atoms with Crippen LogP contribution in [0.1, 0.15) is 30.8 Å². The zero-order valence-electron chi connectivity index (χ0n) is 12.8. The summed E-state index contributed by atoms with van der Waals surface area (Å²) >= 11 is 0. The Kier molecular flexibility index (Phi) is 5.51. The van der Waals surface area contributed by atoms with Crippen molar-refractivity contribution >= 4 is 0 Å². The molecule has 0 saturated heterocycles. The first-order valence-corrected chi connectivity index (χ1v) is 7.66. The Morgan fingerprint density at radius 3 is 2.48 bits per heavy atom. The predicted molar refractivity (Wildman–Crippen MR) is 83.6 cm³/mol. The molecule has 1 aromatic carbocycles. The van der Waals surface area contributed by atoms with E-state index in [2.05, 4.69) is 29.7 Å². The lowest BCUT2D eigenvalue weighted by molar-refractivity contribution is 0.498. The standard InChI is InChI=1S/C17H24FN3/c1-3-16-11-17(21(4-2)20-16)10-14(12-19)9-13-5-7-15(18)8-6-13/h5-8,11,14H,3-4,9-10,12,19H2,1-2H3. The number of halogens is 1. The number of nitrogens with two attached hydrogens (primary N) is 1. The van der Waals surface area contributed by atoms with Gasteiger partial charge in [-0.25, -0.2) is 4.39 Å². The lowest BCUT2D eigenvalue weighted by Crippen LogP contribution is -2.21. The molecule has 2 N–H and O–H groups in total. The van der Waals surface area contributed by atoms with Gasteiger partial charge in [-0.15, -0.1) is 0 Å². The van der Waals surface area contributed by atoms with Crippen LogP contribution in [0.2, 0.25) is 0 Å². The second-order valence-corrected chi connectivity index (χ2v) is 5.43. The fraction of sp³-hybridized carbons (Fsp3) is 0.471. The van der Waals surface area contributed by atoms with Crippen LogP contribution in [-0.2, 0) is 25.8 Å². The van der Waals surface area contributed by atoms with Gasteiger partial charge in [0.1, 0.15) is 5.82 Å². The van der Waals surface area contributed by atoms with E-state index >= 15 is 0 Å². The molecule has 0 saturated carbocycles. The maximum Gasteiger partial charge on any atom is 0.123 e. The monoisotopic (exact) mass is 289 g/mol. The Labute approximate surface area is 126 Å². The summed E-state index contributed by atoms with van der Waals surface area (Å²) in [5.41, 5.74) is 9.43. The van der Waals surface area contributed by atoms with Gasteiger partial charge in [0.05, 0.1) is 5.69 Å². The van der Waals surface area contributed by atoms with Crippen molar-refractivity contribution in [2.24, 2.45) is 11.7 Å². The molecule has 1 atom stereocenters. The highest BCUT2D eigenvalue weighted by atomic mass is 19.1. The van der Waals surface area contributed by atoms with Gasteiger partial charge in [-0.05, 0) is 62.4 Å². The third-order valence-electron chi connectivity index (χ3n) is 3.84. The summed E-state index contributed by atoms with van der Waals surface area (Å²) in [6.45, 7) is 5.72. The quantitative estimate of drug-likeness (QED) is 0.851. The first-order valence-electron chi connectivity index (χ1n) is 7.66. The molecule has 1 unspecified atom stereocenters. The number of hydrogen-bond donors (Lipinski definition) is 1. The summed E-state index contributed by atoms with van der Waals surface area (Å²) in [5, 5.41) is 4.58. The predicted octanol–water partition coefficient (Wildman–Crippen LogP) is 2.96. The van der Waals surface area contributed by atoms with E-state index in [-0.39, 0.29) is 5.82 Å². The minimum absolute atomic E-state index is 0.195. The molecule has 0 fully saturated rings. The van der Waals surface area contributed by atoms with Crippen molar-refractivity contribution < 1.29 is 4.39 Å². The third kappa shape index (κ3) is 4.14. The molecule has 0 aliphatic carbocycles. The molecule has 1 aromatic heterocycles. The summed E-state index contributed by atoms with van der Waals surface area (Å²) < 4.78 is 15.0. The Balaban J connectivity index is 2.08. The van der Waals surface area contributed by atoms with E-state index in [0.29, 0.717) is 12.5 Å². The Hall–Kier alpha value is -1.68. The second kappa shape index (κ2) is 7.36. The number of aryl methyl sites for hydroxylation is 2. The number of nitrogens with zero attached hydrogens (tertiary/aromatic N) is 2. The van der Waals surface area contributed by atoms with Crippen molar-refractivity contribution in [2.75, 3.05) is 6.54 Å². The van der Waals surface area contributed by atoms with Gasteiger partial charge in [0.15, 0.2) is 0 Å². The first kappa shape index (κ1) is 15.7. The maximum absolute atomic E-state index is 13.0. The molecule has 114 valence electrons. The summed E-state index contributed by atoms with van der Waals surface area (Å²) in [5.74, 6) is 0.155. The van der Waals surface area contributed by atoms with Gasteiger partial charge in [0, 0.05) is 12.2 Å². The van der Waals surface area contributed by atoms with Crippen LogP contribution >= 0.6 is 0 Å². The number of hydrogen-bond acceptors (Lipinski definition) is 2. The van der Waals surface area contributed by atoms with E-state index < -0.39 is 0 Å². The summed E-state index contributed by atoms with van der Waals surface area (Å²) in [6, 6.07) is 8.87. The molecule has 4 heteroatoms. The van der Waals surface area contributed by atoms with Crippen molar-refractivity contribution in [1.82, 2.24) is 9.78 Å². The van der Waals surface area contributed by atoms with Crippen LogP contribution in [0.15, 0.2) is 30.3 Å². The van der Waals surface area contributed by atoms with Crippen molar-refractivity contribution in [2.45, 2.75) is 39.7 Å². The summed E-state index contributed by atoms with van der Waals surface area (Å²) in [6.07, 6.45) is 2.73. The van der Waals surface area contributed by atoms with Crippen LogP contribution in [0.4, 0.5) is 4.39 Å². The maximum atomic E-state index is 13.0. The zero-order valence-corrected chi connectivity index (χ0v) is 12.8. The SMILES string of the molecule is CCc1cc(CC(CN)Cc2ccc(F)cc2)n(CC)n1. The molecule has 0 aliphatic heterocycles. The lowest BCUT2D eigenvalue weighted by Gasteiger charge is -2.15. The molecule has 0 spiro atoms. The summed E-state index contributed by atoms with van der Waals surface area (Å²) in [7, 11) is 0. The molecule has 0 radical (unpaired) electrons.